The highest BCUT2D eigenvalue weighted by atomic mass is 32.1. The predicted molar refractivity (Wildman–Crippen MR) is 75.0 cm³/mol. The normalized spacial score (nSPS) is 26.2. The van der Waals surface area contributed by atoms with Gasteiger partial charge in [0, 0.05) is 26.1 Å². The molecule has 3 heteroatoms. The summed E-state index contributed by atoms with van der Waals surface area (Å²) < 4.78 is 0. The van der Waals surface area contributed by atoms with Crippen LogP contribution in [0.5, 0.6) is 0 Å². The number of hydrogen-bond acceptors (Lipinski definition) is 2. The van der Waals surface area contributed by atoms with Crippen LogP contribution in [0.4, 0.5) is 0 Å². The van der Waals surface area contributed by atoms with E-state index in [0.29, 0.717) is 5.41 Å². The van der Waals surface area contributed by atoms with Crippen LogP contribution in [-0.4, -0.2) is 29.5 Å². The van der Waals surface area contributed by atoms with E-state index in [0.717, 1.165) is 23.2 Å². The summed E-state index contributed by atoms with van der Waals surface area (Å²) in [4.78, 5) is 3.46. The zero-order chi connectivity index (χ0) is 11.9. The molecule has 0 atom stereocenters. The fraction of sp³-hybridized carbons (Fsp3) is 0.929. The molecule has 0 heterocycles. The first kappa shape index (κ1) is 11.9. The molecule has 0 unspecified atom stereocenters. The quantitative estimate of drug-likeness (QED) is 0.673. The van der Waals surface area contributed by atoms with E-state index < -0.39 is 0 Å². The molecular weight excluding hydrogens is 228 g/mol. The van der Waals surface area contributed by atoms with E-state index in [1.165, 1.54) is 58.2 Å². The second kappa shape index (κ2) is 4.51. The van der Waals surface area contributed by atoms with E-state index in [1.54, 1.807) is 0 Å². The number of hydrogen-bond donors (Lipinski definition) is 1. The van der Waals surface area contributed by atoms with Crippen LogP contribution >= 0.6 is 12.2 Å². The second-order valence-electron chi connectivity index (χ2n) is 6.72. The third kappa shape index (κ3) is 3.65. The van der Waals surface area contributed by atoms with Crippen molar-refractivity contribution in [1.29, 1.82) is 0 Å². The van der Waals surface area contributed by atoms with Crippen LogP contribution in [0, 0.1) is 17.3 Å². The summed E-state index contributed by atoms with van der Waals surface area (Å²) in [5, 5.41) is 0. The summed E-state index contributed by atoms with van der Waals surface area (Å²) in [6.07, 6.45) is 9.51. The number of nitrogens with zero attached hydrogens (tertiary/aromatic N) is 1. The van der Waals surface area contributed by atoms with Crippen molar-refractivity contribution in [3.05, 3.63) is 0 Å². The van der Waals surface area contributed by atoms with Gasteiger partial charge in [-0.2, -0.15) is 0 Å². The molecule has 0 amide bonds. The molecule has 3 rings (SSSR count). The van der Waals surface area contributed by atoms with Crippen molar-refractivity contribution in [2.45, 2.75) is 44.9 Å². The van der Waals surface area contributed by atoms with Gasteiger partial charge >= 0.3 is 0 Å². The van der Waals surface area contributed by atoms with Crippen molar-refractivity contribution in [3.63, 3.8) is 0 Å². The summed E-state index contributed by atoms with van der Waals surface area (Å²) >= 11 is 5.10. The summed E-state index contributed by atoms with van der Waals surface area (Å²) in [5.41, 5.74) is 6.22. The first-order valence-corrected chi connectivity index (χ1v) is 7.57. The Hall–Kier alpha value is -0.150. The summed E-state index contributed by atoms with van der Waals surface area (Å²) in [6.45, 7) is 3.95. The van der Waals surface area contributed by atoms with Crippen LogP contribution in [-0.2, 0) is 0 Å². The van der Waals surface area contributed by atoms with Crippen molar-refractivity contribution in [3.8, 4) is 0 Å². The molecule has 0 aliphatic heterocycles. The molecule has 2 nitrogen and oxygen atoms in total. The topological polar surface area (TPSA) is 29.3 Å². The van der Waals surface area contributed by atoms with Crippen molar-refractivity contribution in [2.24, 2.45) is 23.0 Å². The monoisotopic (exact) mass is 252 g/mol. The minimum absolute atomic E-state index is 0.482. The van der Waals surface area contributed by atoms with Crippen LogP contribution in [0.15, 0.2) is 0 Å². The molecule has 3 saturated carbocycles. The molecule has 0 aromatic carbocycles. The van der Waals surface area contributed by atoms with Gasteiger partial charge in [-0.05, 0) is 55.8 Å². The van der Waals surface area contributed by atoms with E-state index in [9.17, 15) is 0 Å². The van der Waals surface area contributed by atoms with E-state index in [1.807, 2.05) is 0 Å². The molecular formula is C14H24N2S. The summed E-state index contributed by atoms with van der Waals surface area (Å²) in [5.74, 6) is 2.02. The van der Waals surface area contributed by atoms with Crippen LogP contribution in [0.2, 0.25) is 0 Å². The third-order valence-electron chi connectivity index (χ3n) is 4.49. The fourth-order valence-electron chi connectivity index (χ4n) is 2.95. The van der Waals surface area contributed by atoms with Gasteiger partial charge in [0.25, 0.3) is 0 Å². The average molecular weight is 252 g/mol. The van der Waals surface area contributed by atoms with Crippen molar-refractivity contribution < 1.29 is 0 Å². The minimum Gasteiger partial charge on any atom is -0.393 e. The zero-order valence-electron chi connectivity index (χ0n) is 10.7. The first-order chi connectivity index (χ1) is 8.15. The summed E-state index contributed by atoms with van der Waals surface area (Å²) in [6, 6.07) is 0. The maximum atomic E-state index is 5.73. The Kier molecular flexibility index (Phi) is 3.16. The predicted octanol–water partition coefficient (Wildman–Crippen LogP) is 2.56. The second-order valence-corrected chi connectivity index (χ2v) is 7.25. The van der Waals surface area contributed by atoms with Crippen LogP contribution < -0.4 is 5.73 Å². The van der Waals surface area contributed by atoms with Gasteiger partial charge < -0.3 is 10.6 Å². The SMILES string of the molecule is NC(=S)CC1(CN(CC2CC2)CC2CC2)CC1. The van der Waals surface area contributed by atoms with Crippen LogP contribution in [0.1, 0.15) is 44.9 Å². The highest BCUT2D eigenvalue weighted by Crippen LogP contribution is 2.50. The molecule has 3 fully saturated rings. The standard InChI is InChI=1S/C14H24N2S/c15-13(17)7-14(5-6-14)10-16(8-11-1-2-11)9-12-3-4-12/h11-12H,1-10H2,(H2,15,17). The van der Waals surface area contributed by atoms with Gasteiger partial charge in [-0.15, -0.1) is 0 Å². The van der Waals surface area contributed by atoms with E-state index >= 15 is 0 Å². The minimum atomic E-state index is 0.482. The van der Waals surface area contributed by atoms with Crippen molar-refractivity contribution in [2.75, 3.05) is 19.6 Å². The third-order valence-corrected chi connectivity index (χ3v) is 4.64. The lowest BCUT2D eigenvalue weighted by atomic mass is 10.0. The Morgan fingerprint density at radius 2 is 1.65 bits per heavy atom. The molecule has 0 aromatic rings. The van der Waals surface area contributed by atoms with Crippen molar-refractivity contribution >= 4 is 17.2 Å². The number of thiocarbonyl (C=S) groups is 1. The molecule has 3 aliphatic rings. The Labute approximate surface area is 110 Å². The molecule has 17 heavy (non-hydrogen) atoms. The molecule has 96 valence electrons. The van der Waals surface area contributed by atoms with Crippen LogP contribution in [0.25, 0.3) is 0 Å². The highest BCUT2D eigenvalue weighted by Gasteiger charge is 2.45. The number of nitrogens with two attached hydrogens (primary N) is 1. The molecule has 0 saturated heterocycles. The first-order valence-electron chi connectivity index (χ1n) is 7.16. The fourth-order valence-corrected chi connectivity index (χ4v) is 3.25. The van der Waals surface area contributed by atoms with Crippen molar-refractivity contribution in [1.82, 2.24) is 4.90 Å². The lowest BCUT2D eigenvalue weighted by Crippen LogP contribution is -2.35. The molecule has 3 aliphatic carbocycles. The Morgan fingerprint density at radius 3 is 2.00 bits per heavy atom. The van der Waals surface area contributed by atoms with Gasteiger partial charge in [0.1, 0.15) is 0 Å². The molecule has 0 spiro atoms. The van der Waals surface area contributed by atoms with Gasteiger partial charge in [0.05, 0.1) is 4.99 Å². The van der Waals surface area contributed by atoms with Gasteiger partial charge in [0.2, 0.25) is 0 Å². The van der Waals surface area contributed by atoms with Gasteiger partial charge in [-0.1, -0.05) is 12.2 Å². The summed E-state index contributed by atoms with van der Waals surface area (Å²) in [7, 11) is 0. The smallest absolute Gasteiger partial charge is 0.0733 e. The van der Waals surface area contributed by atoms with Crippen LogP contribution in [0.3, 0.4) is 0 Å². The maximum Gasteiger partial charge on any atom is 0.0733 e. The largest absolute Gasteiger partial charge is 0.393 e. The molecule has 0 aromatic heterocycles. The Morgan fingerprint density at radius 1 is 1.12 bits per heavy atom. The van der Waals surface area contributed by atoms with E-state index in [2.05, 4.69) is 4.90 Å². The van der Waals surface area contributed by atoms with Gasteiger partial charge in [-0.3, -0.25) is 0 Å². The Bertz CT molecular complexity index is 289. The zero-order valence-corrected chi connectivity index (χ0v) is 11.5. The van der Waals surface area contributed by atoms with Gasteiger partial charge in [-0.25, -0.2) is 0 Å². The highest BCUT2D eigenvalue weighted by molar-refractivity contribution is 7.80. The van der Waals surface area contributed by atoms with Gasteiger partial charge in [0.15, 0.2) is 0 Å². The molecule has 0 radical (unpaired) electrons. The van der Waals surface area contributed by atoms with E-state index in [4.69, 9.17) is 18.0 Å². The molecule has 0 bridgehead atoms. The maximum absolute atomic E-state index is 5.73. The number of rotatable bonds is 8. The Balaban J connectivity index is 1.52. The lowest BCUT2D eigenvalue weighted by Gasteiger charge is -2.27. The lowest BCUT2D eigenvalue weighted by molar-refractivity contribution is 0.206. The average Bonchev–Trinajstić information content (AvgIpc) is 3.03. The molecule has 2 N–H and O–H groups in total. The van der Waals surface area contributed by atoms with E-state index in [-0.39, 0.29) is 0 Å².